The number of halogens is 1. The highest BCUT2D eigenvalue weighted by Gasteiger charge is 2.09. The van der Waals surface area contributed by atoms with Crippen LogP contribution in [0.3, 0.4) is 0 Å². The smallest absolute Gasteiger partial charge is 0.322 e. The van der Waals surface area contributed by atoms with Crippen LogP contribution in [0.15, 0.2) is 29.4 Å². The Labute approximate surface area is 126 Å². The zero-order valence-corrected chi connectivity index (χ0v) is 12.8. The van der Waals surface area contributed by atoms with Crippen LogP contribution in [0.5, 0.6) is 6.01 Å². The number of benzene rings is 1. The minimum Gasteiger partial charge on any atom is -0.461 e. The SMILES string of the molecule is CC(C)Oc1nc(N)nc(SCc2ccccc2Cl)n1. The quantitative estimate of drug-likeness (QED) is 0.855. The zero-order valence-electron chi connectivity index (χ0n) is 11.2. The van der Waals surface area contributed by atoms with E-state index in [0.29, 0.717) is 10.9 Å². The fraction of sp³-hybridized carbons (Fsp3) is 0.308. The summed E-state index contributed by atoms with van der Waals surface area (Å²) in [5.74, 6) is 0.807. The van der Waals surface area contributed by atoms with Crippen LogP contribution in [-0.4, -0.2) is 21.1 Å². The lowest BCUT2D eigenvalue weighted by Gasteiger charge is -2.09. The van der Waals surface area contributed by atoms with E-state index in [4.69, 9.17) is 22.1 Å². The molecule has 0 saturated carbocycles. The highest BCUT2D eigenvalue weighted by atomic mass is 35.5. The van der Waals surface area contributed by atoms with Crippen LogP contribution in [0.4, 0.5) is 5.95 Å². The van der Waals surface area contributed by atoms with Gasteiger partial charge in [-0.1, -0.05) is 41.6 Å². The molecule has 1 aromatic carbocycles. The van der Waals surface area contributed by atoms with Crippen molar-refractivity contribution in [2.45, 2.75) is 30.9 Å². The Morgan fingerprint density at radius 3 is 2.70 bits per heavy atom. The number of hydrogen-bond acceptors (Lipinski definition) is 6. The van der Waals surface area contributed by atoms with Crippen molar-refractivity contribution in [3.05, 3.63) is 34.9 Å². The van der Waals surface area contributed by atoms with Crippen molar-refractivity contribution in [2.75, 3.05) is 5.73 Å². The fourth-order valence-electron chi connectivity index (χ4n) is 1.44. The molecule has 1 aromatic heterocycles. The molecule has 0 aliphatic heterocycles. The van der Waals surface area contributed by atoms with Crippen LogP contribution in [0.25, 0.3) is 0 Å². The Bertz CT molecular complexity index is 594. The minimum atomic E-state index is -0.0155. The molecule has 0 aliphatic carbocycles. The second-order valence-electron chi connectivity index (χ2n) is 4.31. The molecule has 106 valence electrons. The van der Waals surface area contributed by atoms with Gasteiger partial charge in [-0.3, -0.25) is 0 Å². The standard InChI is InChI=1S/C13H15ClN4OS/c1-8(2)19-12-16-11(15)17-13(18-12)20-7-9-5-3-4-6-10(9)14/h3-6,8H,7H2,1-2H3,(H2,15,16,17,18). The lowest BCUT2D eigenvalue weighted by molar-refractivity contribution is 0.219. The fourth-order valence-corrected chi connectivity index (χ4v) is 2.56. The van der Waals surface area contributed by atoms with Crippen molar-refractivity contribution in [1.29, 1.82) is 0 Å². The van der Waals surface area contributed by atoms with Crippen LogP contribution < -0.4 is 10.5 Å². The Balaban J connectivity index is 2.09. The van der Waals surface area contributed by atoms with E-state index < -0.39 is 0 Å². The van der Waals surface area contributed by atoms with Gasteiger partial charge in [-0.15, -0.1) is 0 Å². The molecule has 0 atom stereocenters. The molecule has 0 aliphatic rings. The second kappa shape index (κ2) is 6.76. The summed E-state index contributed by atoms with van der Waals surface area (Å²) in [5.41, 5.74) is 6.67. The van der Waals surface area contributed by atoms with Crippen molar-refractivity contribution < 1.29 is 4.74 Å². The van der Waals surface area contributed by atoms with E-state index >= 15 is 0 Å². The monoisotopic (exact) mass is 310 g/mol. The molecule has 0 saturated heterocycles. The normalized spacial score (nSPS) is 10.8. The first-order chi connectivity index (χ1) is 9.54. The molecule has 2 aromatic rings. The average molecular weight is 311 g/mol. The van der Waals surface area contributed by atoms with Crippen molar-refractivity contribution in [3.8, 4) is 6.01 Å². The van der Waals surface area contributed by atoms with E-state index in [1.165, 1.54) is 11.8 Å². The molecule has 0 spiro atoms. The molecule has 5 nitrogen and oxygen atoms in total. The van der Waals surface area contributed by atoms with Gasteiger partial charge in [0.05, 0.1) is 6.10 Å². The first-order valence-corrected chi connectivity index (χ1v) is 7.45. The molecule has 0 amide bonds. The Hall–Kier alpha value is -1.53. The summed E-state index contributed by atoms with van der Waals surface area (Å²) >= 11 is 7.54. The first kappa shape index (κ1) is 14.9. The van der Waals surface area contributed by atoms with E-state index in [9.17, 15) is 0 Å². The van der Waals surface area contributed by atoms with Crippen LogP contribution >= 0.6 is 23.4 Å². The Morgan fingerprint density at radius 1 is 1.25 bits per heavy atom. The predicted molar refractivity (Wildman–Crippen MR) is 81.0 cm³/mol. The number of hydrogen-bond donors (Lipinski definition) is 1. The maximum absolute atomic E-state index is 6.11. The van der Waals surface area contributed by atoms with E-state index in [1.807, 2.05) is 38.1 Å². The minimum absolute atomic E-state index is 0.0155. The zero-order chi connectivity index (χ0) is 14.5. The molecule has 2 rings (SSSR count). The number of rotatable bonds is 5. The van der Waals surface area contributed by atoms with Crippen molar-refractivity contribution in [3.63, 3.8) is 0 Å². The highest BCUT2D eigenvalue weighted by molar-refractivity contribution is 7.98. The number of anilines is 1. The van der Waals surface area contributed by atoms with Gasteiger partial charge in [-0.25, -0.2) is 0 Å². The summed E-state index contributed by atoms with van der Waals surface area (Å²) in [6.07, 6.45) is -0.0155. The topological polar surface area (TPSA) is 73.9 Å². The van der Waals surface area contributed by atoms with E-state index in [1.54, 1.807) is 0 Å². The summed E-state index contributed by atoms with van der Waals surface area (Å²) in [4.78, 5) is 12.2. The van der Waals surface area contributed by atoms with Crippen LogP contribution in [0.1, 0.15) is 19.4 Å². The highest BCUT2D eigenvalue weighted by Crippen LogP contribution is 2.25. The molecule has 0 radical (unpaired) electrons. The summed E-state index contributed by atoms with van der Waals surface area (Å²) in [7, 11) is 0. The number of ether oxygens (including phenoxy) is 1. The molecule has 0 unspecified atom stereocenters. The first-order valence-electron chi connectivity index (χ1n) is 6.09. The maximum atomic E-state index is 6.11. The van der Waals surface area contributed by atoms with Crippen LogP contribution in [0, 0.1) is 0 Å². The maximum Gasteiger partial charge on any atom is 0.322 e. The molecule has 0 bridgehead atoms. The number of aromatic nitrogens is 3. The van der Waals surface area contributed by atoms with Gasteiger partial charge < -0.3 is 10.5 Å². The third kappa shape index (κ3) is 4.25. The molecular formula is C13H15ClN4OS. The van der Waals surface area contributed by atoms with Crippen LogP contribution in [-0.2, 0) is 5.75 Å². The lowest BCUT2D eigenvalue weighted by Crippen LogP contribution is -2.10. The molecule has 2 N–H and O–H groups in total. The number of nitrogen functional groups attached to an aromatic ring is 1. The van der Waals surface area contributed by atoms with Gasteiger partial charge in [0.1, 0.15) is 0 Å². The summed E-state index contributed by atoms with van der Waals surface area (Å²) in [5, 5.41) is 1.24. The molecular weight excluding hydrogens is 296 g/mol. The third-order valence-electron chi connectivity index (χ3n) is 2.27. The van der Waals surface area contributed by atoms with Gasteiger partial charge in [-0.05, 0) is 25.5 Å². The number of nitrogens with zero attached hydrogens (tertiary/aromatic N) is 3. The molecule has 1 heterocycles. The van der Waals surface area contributed by atoms with Gasteiger partial charge in [0.2, 0.25) is 5.95 Å². The second-order valence-corrected chi connectivity index (χ2v) is 5.66. The van der Waals surface area contributed by atoms with Crippen molar-refractivity contribution >= 4 is 29.3 Å². The van der Waals surface area contributed by atoms with Gasteiger partial charge in [0.25, 0.3) is 0 Å². The lowest BCUT2D eigenvalue weighted by atomic mass is 10.2. The van der Waals surface area contributed by atoms with E-state index in [2.05, 4.69) is 15.0 Å². The number of thioether (sulfide) groups is 1. The van der Waals surface area contributed by atoms with E-state index in [0.717, 1.165) is 10.6 Å². The largest absolute Gasteiger partial charge is 0.461 e. The van der Waals surface area contributed by atoms with Gasteiger partial charge >= 0.3 is 6.01 Å². The van der Waals surface area contributed by atoms with Gasteiger partial charge in [-0.2, -0.15) is 15.0 Å². The third-order valence-corrected chi connectivity index (χ3v) is 3.53. The molecule has 7 heteroatoms. The van der Waals surface area contributed by atoms with Gasteiger partial charge in [0, 0.05) is 10.8 Å². The summed E-state index contributed by atoms with van der Waals surface area (Å²) in [6, 6.07) is 7.90. The predicted octanol–water partition coefficient (Wildman–Crippen LogP) is 3.19. The van der Waals surface area contributed by atoms with Crippen molar-refractivity contribution in [2.24, 2.45) is 0 Å². The van der Waals surface area contributed by atoms with Crippen molar-refractivity contribution in [1.82, 2.24) is 15.0 Å². The molecule has 0 fully saturated rings. The average Bonchev–Trinajstić information content (AvgIpc) is 2.36. The molecule has 20 heavy (non-hydrogen) atoms. The summed E-state index contributed by atoms with van der Waals surface area (Å²) < 4.78 is 5.43. The summed E-state index contributed by atoms with van der Waals surface area (Å²) in [6.45, 7) is 3.80. The van der Waals surface area contributed by atoms with Crippen LogP contribution in [0.2, 0.25) is 5.02 Å². The van der Waals surface area contributed by atoms with E-state index in [-0.39, 0.29) is 18.1 Å². The Morgan fingerprint density at radius 2 is 2.00 bits per heavy atom. The Kier molecular flexibility index (Phi) is 5.03. The van der Waals surface area contributed by atoms with Gasteiger partial charge in [0.15, 0.2) is 5.16 Å². The number of nitrogens with two attached hydrogens (primary N) is 1.